The van der Waals surface area contributed by atoms with E-state index >= 15 is 0 Å². The lowest BCUT2D eigenvalue weighted by atomic mass is 9.96. The van der Waals surface area contributed by atoms with Gasteiger partial charge in [-0.05, 0) is 106 Å². The molecule has 0 spiro atoms. The SMILES string of the molecule is Cc1cc(C2C(c3ccccn3)NC(=S)N2c2ccc(OC(C)C)cc2)c(C)n1-c1cccc(C(=O)O)c1. The zero-order valence-corrected chi connectivity index (χ0v) is 22.6. The van der Waals surface area contributed by atoms with Crippen molar-refractivity contribution in [3.05, 3.63) is 107 Å². The number of benzene rings is 2. The third kappa shape index (κ3) is 4.75. The monoisotopic (exact) mass is 526 g/mol. The van der Waals surface area contributed by atoms with Gasteiger partial charge in [0.05, 0.1) is 29.4 Å². The van der Waals surface area contributed by atoms with Crippen LogP contribution in [0.3, 0.4) is 0 Å². The lowest BCUT2D eigenvalue weighted by Crippen LogP contribution is -2.29. The van der Waals surface area contributed by atoms with Crippen LogP contribution >= 0.6 is 12.2 Å². The number of carboxylic acids is 1. The fourth-order valence-electron chi connectivity index (χ4n) is 5.17. The number of aromatic carboxylic acids is 1. The zero-order valence-electron chi connectivity index (χ0n) is 21.8. The molecule has 2 unspecified atom stereocenters. The number of hydrogen-bond donors (Lipinski definition) is 2. The van der Waals surface area contributed by atoms with Crippen LogP contribution in [0.25, 0.3) is 5.69 Å². The molecule has 194 valence electrons. The average molecular weight is 527 g/mol. The fraction of sp³-hybridized carbons (Fsp3) is 0.233. The number of carbonyl (C=O) groups is 1. The molecule has 1 aliphatic heterocycles. The van der Waals surface area contributed by atoms with E-state index in [1.165, 1.54) is 0 Å². The van der Waals surface area contributed by atoms with Gasteiger partial charge in [0.1, 0.15) is 5.75 Å². The second kappa shape index (κ2) is 10.3. The number of anilines is 1. The van der Waals surface area contributed by atoms with E-state index in [1.807, 2.05) is 69.3 Å². The molecule has 0 bridgehead atoms. The van der Waals surface area contributed by atoms with Gasteiger partial charge in [0.2, 0.25) is 0 Å². The number of aromatic nitrogens is 2. The van der Waals surface area contributed by atoms with Gasteiger partial charge >= 0.3 is 5.97 Å². The molecule has 1 aliphatic rings. The molecule has 2 atom stereocenters. The van der Waals surface area contributed by atoms with Gasteiger partial charge in [0.25, 0.3) is 0 Å². The van der Waals surface area contributed by atoms with Crippen molar-refractivity contribution < 1.29 is 14.6 Å². The normalized spacial score (nSPS) is 17.1. The highest BCUT2D eigenvalue weighted by molar-refractivity contribution is 7.80. The van der Waals surface area contributed by atoms with E-state index < -0.39 is 5.97 Å². The summed E-state index contributed by atoms with van der Waals surface area (Å²) in [6.45, 7) is 8.10. The molecular weight excluding hydrogens is 496 g/mol. The second-order valence-corrected chi connectivity index (χ2v) is 10.1. The van der Waals surface area contributed by atoms with Crippen molar-refractivity contribution in [1.29, 1.82) is 0 Å². The topological polar surface area (TPSA) is 79.6 Å². The summed E-state index contributed by atoms with van der Waals surface area (Å²) < 4.78 is 7.95. The van der Waals surface area contributed by atoms with Gasteiger partial charge in [-0.1, -0.05) is 12.1 Å². The third-order valence-electron chi connectivity index (χ3n) is 6.73. The molecule has 5 rings (SSSR count). The molecule has 2 N–H and O–H groups in total. The molecule has 0 amide bonds. The minimum atomic E-state index is -0.953. The Morgan fingerprint density at radius 1 is 1.03 bits per heavy atom. The second-order valence-electron chi connectivity index (χ2n) is 9.67. The van der Waals surface area contributed by atoms with Crippen molar-refractivity contribution in [1.82, 2.24) is 14.9 Å². The molecule has 7 nitrogen and oxygen atoms in total. The van der Waals surface area contributed by atoms with Crippen LogP contribution < -0.4 is 15.0 Å². The maximum absolute atomic E-state index is 11.6. The minimum absolute atomic E-state index is 0.0849. The summed E-state index contributed by atoms with van der Waals surface area (Å²) in [5.74, 6) is -0.151. The standard InChI is InChI=1S/C30H30N4O3S/c1-18(2)37-24-13-11-22(12-14-24)34-28(27(32-30(34)38)26-10-5-6-15-31-26)25-16-19(3)33(20(25)4)23-9-7-8-21(17-23)29(35)36/h5-18,27-28H,1-4H3,(H,32,38)(H,35,36). The zero-order chi connectivity index (χ0) is 27.0. The third-order valence-corrected chi connectivity index (χ3v) is 7.04. The van der Waals surface area contributed by atoms with E-state index in [1.54, 1.807) is 24.4 Å². The summed E-state index contributed by atoms with van der Waals surface area (Å²) in [6.07, 6.45) is 1.88. The smallest absolute Gasteiger partial charge is 0.335 e. The molecule has 3 heterocycles. The lowest BCUT2D eigenvalue weighted by Gasteiger charge is -2.28. The molecule has 38 heavy (non-hydrogen) atoms. The van der Waals surface area contributed by atoms with Crippen LogP contribution in [0.5, 0.6) is 5.75 Å². The van der Waals surface area contributed by atoms with Crippen LogP contribution in [0, 0.1) is 13.8 Å². The molecule has 0 saturated carbocycles. The molecular formula is C30H30N4O3S. The Kier molecular flexibility index (Phi) is 6.91. The van der Waals surface area contributed by atoms with Crippen LogP contribution in [0.1, 0.15) is 58.9 Å². The summed E-state index contributed by atoms with van der Waals surface area (Å²) >= 11 is 5.89. The van der Waals surface area contributed by atoms with Gasteiger partial charge in [-0.15, -0.1) is 0 Å². The van der Waals surface area contributed by atoms with E-state index in [-0.39, 0.29) is 23.8 Å². The largest absolute Gasteiger partial charge is 0.491 e. The number of pyridine rings is 1. The summed E-state index contributed by atoms with van der Waals surface area (Å²) in [5, 5.41) is 13.7. The van der Waals surface area contributed by atoms with Gasteiger partial charge in [-0.25, -0.2) is 4.79 Å². The first-order valence-electron chi connectivity index (χ1n) is 12.5. The Morgan fingerprint density at radius 2 is 1.79 bits per heavy atom. The van der Waals surface area contributed by atoms with Gasteiger partial charge in [-0.2, -0.15) is 0 Å². The van der Waals surface area contributed by atoms with Gasteiger partial charge in [-0.3, -0.25) is 4.98 Å². The molecule has 0 radical (unpaired) electrons. The van der Waals surface area contributed by atoms with E-state index in [2.05, 4.69) is 32.8 Å². The van der Waals surface area contributed by atoms with E-state index in [9.17, 15) is 9.90 Å². The summed E-state index contributed by atoms with van der Waals surface area (Å²) in [6, 6.07) is 22.6. The first kappa shape index (κ1) is 25.5. The number of carboxylic acid groups (broad SMARTS) is 1. The van der Waals surface area contributed by atoms with E-state index in [0.29, 0.717) is 5.11 Å². The highest BCUT2D eigenvalue weighted by atomic mass is 32.1. The Balaban J connectivity index is 1.63. The van der Waals surface area contributed by atoms with Crippen LogP contribution in [0.15, 0.2) is 79.0 Å². The minimum Gasteiger partial charge on any atom is -0.491 e. The van der Waals surface area contributed by atoms with Crippen LogP contribution in [-0.2, 0) is 0 Å². The highest BCUT2D eigenvalue weighted by Gasteiger charge is 2.42. The quantitative estimate of drug-likeness (QED) is 0.280. The van der Waals surface area contributed by atoms with Gasteiger partial charge < -0.3 is 24.6 Å². The maximum Gasteiger partial charge on any atom is 0.335 e. The molecule has 0 aliphatic carbocycles. The Labute approximate surface area is 227 Å². The first-order chi connectivity index (χ1) is 18.2. The van der Waals surface area contributed by atoms with Crippen molar-refractivity contribution in [3.63, 3.8) is 0 Å². The highest BCUT2D eigenvalue weighted by Crippen LogP contribution is 2.44. The number of hydrogen-bond acceptors (Lipinski definition) is 4. The average Bonchev–Trinajstić information content (AvgIpc) is 3.39. The molecule has 1 fully saturated rings. The summed E-state index contributed by atoms with van der Waals surface area (Å²) in [7, 11) is 0. The van der Waals surface area contributed by atoms with Gasteiger partial charge in [0, 0.05) is 29.0 Å². The summed E-state index contributed by atoms with van der Waals surface area (Å²) in [4.78, 5) is 18.4. The number of nitrogens with zero attached hydrogens (tertiary/aromatic N) is 3. The maximum atomic E-state index is 11.6. The van der Waals surface area contributed by atoms with Crippen LogP contribution in [0.4, 0.5) is 5.69 Å². The molecule has 8 heteroatoms. The molecule has 4 aromatic rings. The number of nitrogens with one attached hydrogen (secondary N) is 1. The predicted molar refractivity (Wildman–Crippen MR) is 152 cm³/mol. The Morgan fingerprint density at radius 3 is 2.45 bits per heavy atom. The van der Waals surface area contributed by atoms with Crippen molar-refractivity contribution in [2.24, 2.45) is 0 Å². The van der Waals surface area contributed by atoms with Crippen LogP contribution in [-0.4, -0.2) is 31.8 Å². The van der Waals surface area contributed by atoms with Crippen LogP contribution in [0.2, 0.25) is 0 Å². The number of rotatable bonds is 7. The van der Waals surface area contributed by atoms with Crippen molar-refractivity contribution in [3.8, 4) is 11.4 Å². The fourth-order valence-corrected chi connectivity index (χ4v) is 5.51. The molecule has 2 aromatic heterocycles. The van der Waals surface area contributed by atoms with E-state index in [0.717, 1.165) is 39.8 Å². The van der Waals surface area contributed by atoms with E-state index in [4.69, 9.17) is 17.0 Å². The first-order valence-corrected chi connectivity index (χ1v) is 13.0. The van der Waals surface area contributed by atoms with Crippen molar-refractivity contribution in [2.75, 3.05) is 4.90 Å². The van der Waals surface area contributed by atoms with Crippen molar-refractivity contribution >= 4 is 29.0 Å². The molecule has 2 aromatic carbocycles. The Bertz CT molecular complexity index is 1480. The number of ether oxygens (including phenoxy) is 1. The predicted octanol–water partition coefficient (Wildman–Crippen LogP) is 6.15. The number of thiocarbonyl (C=S) groups is 1. The van der Waals surface area contributed by atoms with Crippen molar-refractivity contribution in [2.45, 2.75) is 45.9 Å². The number of aryl methyl sites for hydroxylation is 1. The Hall–Kier alpha value is -4.17. The molecule has 1 saturated heterocycles. The van der Waals surface area contributed by atoms with Gasteiger partial charge in [0.15, 0.2) is 5.11 Å². The lowest BCUT2D eigenvalue weighted by molar-refractivity contribution is 0.0697. The summed E-state index contributed by atoms with van der Waals surface area (Å²) in [5.41, 5.74) is 5.96.